The molecule has 0 saturated heterocycles. The van der Waals surface area contributed by atoms with Crippen molar-refractivity contribution in [1.29, 1.82) is 0 Å². The number of nitrogens with one attached hydrogen (secondary N) is 2. The topological polar surface area (TPSA) is 119 Å². The first-order valence-corrected chi connectivity index (χ1v) is 12.5. The van der Waals surface area contributed by atoms with Gasteiger partial charge in [-0.2, -0.15) is 21.6 Å². The molecule has 1 heterocycles. The minimum Gasteiger partial charge on any atom is -1.00 e. The molecule has 0 aliphatic heterocycles. The number of alkyl halides is 3. The van der Waals surface area contributed by atoms with Crippen LogP contribution in [0.1, 0.15) is 17.3 Å². The number of hydrogen-bond acceptors (Lipinski definition) is 7. The molecule has 0 aliphatic carbocycles. The molecular formula is C24H26F3N4NaO5S2. The quantitative estimate of drug-likeness (QED) is 0.213. The molecular weight excluding hydrogens is 568 g/mol. The average Bonchev–Trinajstić information content (AvgIpc) is 2.88. The maximum Gasteiger partial charge on any atom is 1.00 e. The van der Waals surface area contributed by atoms with Crippen LogP contribution in [0, 0.1) is 0 Å². The van der Waals surface area contributed by atoms with Crippen LogP contribution in [-0.2, 0) is 21.7 Å². The fourth-order valence-corrected chi connectivity index (χ4v) is 3.30. The number of carbonyl (C=O) groups excluding carboxylic acids is 1. The first-order chi connectivity index (χ1) is 18.1. The Morgan fingerprint density at radius 1 is 1.13 bits per heavy atom. The molecule has 2 aromatic carbocycles. The van der Waals surface area contributed by atoms with Crippen LogP contribution in [0.15, 0.2) is 65.2 Å². The van der Waals surface area contributed by atoms with Gasteiger partial charge in [0.1, 0.15) is 19.0 Å². The van der Waals surface area contributed by atoms with Gasteiger partial charge in [0.05, 0.1) is 17.7 Å². The van der Waals surface area contributed by atoms with Crippen molar-refractivity contribution in [1.82, 2.24) is 15.6 Å². The fourth-order valence-electron chi connectivity index (χ4n) is 2.89. The van der Waals surface area contributed by atoms with Gasteiger partial charge in [-0.25, -0.2) is 0 Å². The molecule has 15 heteroatoms. The van der Waals surface area contributed by atoms with E-state index in [1.165, 1.54) is 7.05 Å². The van der Waals surface area contributed by atoms with E-state index in [1.807, 2.05) is 42.5 Å². The number of nitrogens with zero attached hydrogens (tertiary/aromatic N) is 2. The summed E-state index contributed by atoms with van der Waals surface area (Å²) in [6.07, 6.45) is -2.15. The van der Waals surface area contributed by atoms with Gasteiger partial charge >= 0.3 is 46.2 Å². The third kappa shape index (κ3) is 14.4. The van der Waals surface area contributed by atoms with Crippen LogP contribution in [0.25, 0.3) is 10.9 Å². The number of benzene rings is 2. The molecule has 2 N–H and O–H groups in total. The zero-order valence-corrected chi connectivity index (χ0v) is 24.8. The van der Waals surface area contributed by atoms with Crippen LogP contribution in [0.3, 0.4) is 0 Å². The summed E-state index contributed by atoms with van der Waals surface area (Å²) in [4.78, 5) is 16.6. The Kier molecular flexibility index (Phi) is 15.8. The molecule has 0 bridgehead atoms. The maximum atomic E-state index is 12.3. The molecule has 0 radical (unpaired) electrons. The van der Waals surface area contributed by atoms with Crippen molar-refractivity contribution in [3.63, 3.8) is 0 Å². The van der Waals surface area contributed by atoms with E-state index >= 15 is 0 Å². The zero-order chi connectivity index (χ0) is 28.0. The van der Waals surface area contributed by atoms with Crippen molar-refractivity contribution in [2.24, 2.45) is 4.36 Å². The molecule has 3 aromatic rings. The van der Waals surface area contributed by atoms with Gasteiger partial charge in [-0.15, -0.1) is 4.36 Å². The largest absolute Gasteiger partial charge is 1.00 e. The Bertz CT molecular complexity index is 1360. The molecule has 1 amide bonds. The van der Waals surface area contributed by atoms with Gasteiger partial charge in [0.2, 0.25) is 5.11 Å². The van der Waals surface area contributed by atoms with Gasteiger partial charge in [-0.3, -0.25) is 9.78 Å². The minimum atomic E-state index is -4.33. The number of rotatable bonds is 9. The summed E-state index contributed by atoms with van der Waals surface area (Å²) in [7, 11) is -0.926. The number of aromatic nitrogens is 1. The van der Waals surface area contributed by atoms with Crippen LogP contribution in [-0.4, -0.2) is 64.0 Å². The maximum absolute atomic E-state index is 12.3. The first-order valence-electron chi connectivity index (χ1n) is 11.1. The van der Waals surface area contributed by atoms with Gasteiger partial charge in [0.25, 0.3) is 5.91 Å². The molecule has 0 spiro atoms. The summed E-state index contributed by atoms with van der Waals surface area (Å²) >= 11 is 4.36. The SMILES string of the molecule is CNC(=S)N=S(=O)=O.O=C(NCCc1ccc(OCCOCC(F)(F)F)cc1)c1cnc2ccccc2c1.[H-].[Na+]. The van der Waals surface area contributed by atoms with E-state index in [9.17, 15) is 26.4 Å². The number of hydrogen-bond donors (Lipinski definition) is 2. The second-order valence-electron chi connectivity index (χ2n) is 7.45. The van der Waals surface area contributed by atoms with Gasteiger partial charge in [-0.1, -0.05) is 30.3 Å². The third-order valence-electron chi connectivity index (χ3n) is 4.61. The average molecular weight is 595 g/mol. The summed E-state index contributed by atoms with van der Waals surface area (Å²) in [6.45, 7) is -0.935. The summed E-state index contributed by atoms with van der Waals surface area (Å²) in [5.41, 5.74) is 2.33. The fraction of sp³-hybridized carbons (Fsp3) is 0.292. The number of fused-ring (bicyclic) bond motifs is 1. The van der Waals surface area contributed by atoms with E-state index in [0.717, 1.165) is 16.5 Å². The molecule has 0 aliphatic rings. The predicted octanol–water partition coefficient (Wildman–Crippen LogP) is 0.835. The van der Waals surface area contributed by atoms with Gasteiger partial charge in [-0.05, 0) is 48.5 Å². The number of carbonyl (C=O) groups is 1. The Labute approximate surface area is 254 Å². The van der Waals surface area contributed by atoms with Crippen LogP contribution in [0.5, 0.6) is 5.75 Å². The number of pyridine rings is 1. The van der Waals surface area contributed by atoms with Crippen molar-refractivity contribution in [2.75, 3.05) is 33.4 Å². The standard InChI is InChI=1S/C22H21F3N2O3.C2H4N2O2S2.Na.H/c23-22(24,25)15-29-11-12-30-19-7-5-16(6-8-19)9-10-26-21(28)18-13-17-3-1-2-4-20(17)27-14-18;1-3-2(7)4-8(5)6;;/h1-8,13-14H,9-12,15H2,(H,26,28);1H3,(H,3,7);;/q;;+1;-1. The second kappa shape index (κ2) is 17.9. The summed E-state index contributed by atoms with van der Waals surface area (Å²) in [5, 5.41) is 6.11. The van der Waals surface area contributed by atoms with E-state index < -0.39 is 23.3 Å². The van der Waals surface area contributed by atoms with Gasteiger partial charge in [0.15, 0.2) is 0 Å². The van der Waals surface area contributed by atoms with E-state index in [1.54, 1.807) is 18.3 Å². The van der Waals surface area contributed by atoms with Gasteiger partial charge < -0.3 is 21.5 Å². The number of thiocarbonyl (C=S) groups is 1. The normalized spacial score (nSPS) is 10.4. The molecule has 9 nitrogen and oxygen atoms in total. The third-order valence-corrected chi connectivity index (χ3v) is 5.35. The van der Waals surface area contributed by atoms with E-state index in [0.29, 0.717) is 24.3 Å². The summed E-state index contributed by atoms with van der Waals surface area (Å²) in [5.74, 6) is 0.354. The molecule has 1 aromatic heterocycles. The second-order valence-corrected chi connectivity index (χ2v) is 8.45. The smallest absolute Gasteiger partial charge is 1.00 e. The van der Waals surface area contributed by atoms with Crippen LogP contribution in [0.4, 0.5) is 13.2 Å². The van der Waals surface area contributed by atoms with Crippen molar-refractivity contribution in [2.45, 2.75) is 12.6 Å². The van der Waals surface area contributed by atoms with Crippen molar-refractivity contribution in [3.05, 3.63) is 71.9 Å². The van der Waals surface area contributed by atoms with E-state index in [4.69, 9.17) is 4.74 Å². The van der Waals surface area contributed by atoms with Crippen molar-refractivity contribution < 1.29 is 66.8 Å². The summed E-state index contributed by atoms with van der Waals surface area (Å²) in [6, 6.07) is 16.5. The van der Waals surface area contributed by atoms with E-state index in [2.05, 4.69) is 36.9 Å². The molecule has 206 valence electrons. The summed E-state index contributed by atoms with van der Waals surface area (Å²) < 4.78 is 68.0. The zero-order valence-electron chi connectivity index (χ0n) is 22.2. The molecule has 0 fully saturated rings. The first kappa shape index (κ1) is 34.4. The molecule has 0 unspecified atom stereocenters. The van der Waals surface area contributed by atoms with Crippen LogP contribution in [0.2, 0.25) is 0 Å². The van der Waals surface area contributed by atoms with Crippen molar-refractivity contribution in [3.8, 4) is 5.75 Å². The molecule has 0 saturated carbocycles. The Morgan fingerprint density at radius 2 is 1.82 bits per heavy atom. The molecule has 3 rings (SSSR count). The molecule has 39 heavy (non-hydrogen) atoms. The Balaban J connectivity index is 0.00000133. The number of amides is 1. The van der Waals surface area contributed by atoms with Crippen molar-refractivity contribution >= 4 is 44.6 Å². The van der Waals surface area contributed by atoms with Gasteiger partial charge in [0, 0.05) is 25.2 Å². The number of ether oxygens (including phenoxy) is 2. The monoisotopic (exact) mass is 594 g/mol. The number of para-hydroxylation sites is 1. The van der Waals surface area contributed by atoms with Crippen LogP contribution < -0.4 is 44.9 Å². The Hall–Kier alpha value is -2.62. The molecule has 0 atom stereocenters. The van der Waals surface area contributed by atoms with E-state index in [-0.39, 0.29) is 55.2 Å². The predicted molar refractivity (Wildman–Crippen MR) is 141 cm³/mol. The van der Waals surface area contributed by atoms with Crippen LogP contribution >= 0.6 is 12.2 Å². The Morgan fingerprint density at radius 3 is 2.44 bits per heavy atom. The minimum absolute atomic E-state index is 0. The number of halogens is 3.